The van der Waals surface area contributed by atoms with Crippen LogP contribution in [-0.2, 0) is 13.1 Å². The van der Waals surface area contributed by atoms with Crippen molar-refractivity contribution < 1.29 is 5.11 Å². The standard InChI is InChI=1S/C19H23N5O2/c1-2-24-16-7-4-3-6-14(16)21-18(19(24)26)22-15-10-13(11-17(15)25)12-23-9-5-8-20-23/h3-9,13,15,17,25H,2,10-12H2,1H3,(H,21,22)/t13?,15-,17-/m1/s1. The van der Waals surface area contributed by atoms with Crippen LogP contribution in [0.15, 0.2) is 47.5 Å². The van der Waals surface area contributed by atoms with Crippen molar-refractivity contribution in [1.82, 2.24) is 19.3 Å². The topological polar surface area (TPSA) is 85.0 Å². The lowest BCUT2D eigenvalue weighted by Crippen LogP contribution is -2.33. The summed E-state index contributed by atoms with van der Waals surface area (Å²) in [5, 5.41) is 17.9. The summed E-state index contributed by atoms with van der Waals surface area (Å²) in [4.78, 5) is 17.3. The first-order valence-corrected chi connectivity index (χ1v) is 9.07. The van der Waals surface area contributed by atoms with Crippen LogP contribution >= 0.6 is 0 Å². The summed E-state index contributed by atoms with van der Waals surface area (Å²) in [6, 6.07) is 9.34. The van der Waals surface area contributed by atoms with Crippen LogP contribution in [0.1, 0.15) is 19.8 Å². The highest BCUT2D eigenvalue weighted by molar-refractivity contribution is 5.76. The Labute approximate surface area is 151 Å². The van der Waals surface area contributed by atoms with E-state index in [1.807, 2.05) is 48.1 Å². The molecule has 2 heterocycles. The Balaban J connectivity index is 1.57. The van der Waals surface area contributed by atoms with E-state index in [1.165, 1.54) is 0 Å². The first kappa shape index (κ1) is 16.8. The van der Waals surface area contributed by atoms with Gasteiger partial charge in [-0.3, -0.25) is 9.48 Å². The number of nitrogens with zero attached hydrogens (tertiary/aromatic N) is 4. The second kappa shape index (κ2) is 6.92. The number of hydrogen-bond donors (Lipinski definition) is 2. The molecule has 136 valence electrons. The number of aliphatic hydroxyl groups is 1. The molecule has 3 aromatic rings. The predicted octanol–water partition coefficient (Wildman–Crippen LogP) is 1.86. The Kier molecular flexibility index (Phi) is 4.46. The fraction of sp³-hybridized carbons (Fsp3) is 0.421. The third-order valence-electron chi connectivity index (χ3n) is 5.12. The van der Waals surface area contributed by atoms with Crippen molar-refractivity contribution in [2.45, 2.75) is 45.0 Å². The zero-order valence-corrected chi connectivity index (χ0v) is 14.7. The molecular weight excluding hydrogens is 330 g/mol. The molecule has 0 amide bonds. The van der Waals surface area contributed by atoms with E-state index in [9.17, 15) is 9.90 Å². The quantitative estimate of drug-likeness (QED) is 0.731. The molecule has 1 unspecified atom stereocenters. The number of para-hydroxylation sites is 2. The van der Waals surface area contributed by atoms with Gasteiger partial charge >= 0.3 is 0 Å². The minimum absolute atomic E-state index is 0.145. The third kappa shape index (κ3) is 3.10. The number of fused-ring (bicyclic) bond motifs is 1. The molecular formula is C19H23N5O2. The average Bonchev–Trinajstić information content (AvgIpc) is 3.26. The Morgan fingerprint density at radius 2 is 2.12 bits per heavy atom. The Bertz CT molecular complexity index is 950. The lowest BCUT2D eigenvalue weighted by molar-refractivity contribution is 0.165. The molecule has 26 heavy (non-hydrogen) atoms. The molecule has 3 atom stereocenters. The minimum atomic E-state index is -0.502. The molecule has 0 spiro atoms. The van der Waals surface area contributed by atoms with Crippen LogP contribution in [0.5, 0.6) is 0 Å². The number of hydrogen-bond acceptors (Lipinski definition) is 5. The van der Waals surface area contributed by atoms with Gasteiger partial charge in [0.2, 0.25) is 0 Å². The molecule has 0 bridgehead atoms. The molecule has 0 aliphatic heterocycles. The van der Waals surface area contributed by atoms with E-state index in [1.54, 1.807) is 10.8 Å². The molecule has 1 aliphatic carbocycles. The lowest BCUT2D eigenvalue weighted by Gasteiger charge is -2.18. The summed E-state index contributed by atoms with van der Waals surface area (Å²) in [5.74, 6) is 0.630. The highest BCUT2D eigenvalue weighted by atomic mass is 16.3. The van der Waals surface area contributed by atoms with Gasteiger partial charge in [0.1, 0.15) is 0 Å². The van der Waals surface area contributed by atoms with Gasteiger partial charge in [-0.2, -0.15) is 5.10 Å². The van der Waals surface area contributed by atoms with Crippen molar-refractivity contribution in [2.24, 2.45) is 5.92 Å². The Morgan fingerprint density at radius 3 is 2.88 bits per heavy atom. The van der Waals surface area contributed by atoms with Crippen LogP contribution in [-0.4, -0.2) is 36.6 Å². The van der Waals surface area contributed by atoms with Gasteiger partial charge in [0.15, 0.2) is 5.82 Å². The minimum Gasteiger partial charge on any atom is -0.391 e. The van der Waals surface area contributed by atoms with Crippen LogP contribution in [0.4, 0.5) is 5.82 Å². The number of aryl methyl sites for hydroxylation is 1. The van der Waals surface area contributed by atoms with Crippen molar-refractivity contribution >= 4 is 16.9 Å². The van der Waals surface area contributed by atoms with Crippen LogP contribution in [0.3, 0.4) is 0 Å². The second-order valence-corrected chi connectivity index (χ2v) is 6.88. The highest BCUT2D eigenvalue weighted by Gasteiger charge is 2.34. The first-order valence-electron chi connectivity index (χ1n) is 9.07. The molecule has 0 radical (unpaired) electrons. The van der Waals surface area contributed by atoms with Gasteiger partial charge in [-0.05, 0) is 43.9 Å². The molecule has 2 aromatic heterocycles. The van der Waals surface area contributed by atoms with Gasteiger partial charge in [0.25, 0.3) is 5.56 Å². The van der Waals surface area contributed by atoms with Crippen molar-refractivity contribution in [3.8, 4) is 0 Å². The summed E-state index contributed by atoms with van der Waals surface area (Å²) >= 11 is 0. The average molecular weight is 353 g/mol. The number of rotatable bonds is 5. The zero-order chi connectivity index (χ0) is 18.1. The van der Waals surface area contributed by atoms with Gasteiger partial charge in [0, 0.05) is 25.5 Å². The van der Waals surface area contributed by atoms with Gasteiger partial charge in [-0.15, -0.1) is 0 Å². The molecule has 1 aliphatic rings. The lowest BCUT2D eigenvalue weighted by atomic mass is 10.1. The molecule has 7 nitrogen and oxygen atoms in total. The third-order valence-corrected chi connectivity index (χ3v) is 5.12. The normalized spacial score (nSPS) is 22.8. The van der Waals surface area contributed by atoms with Crippen LogP contribution in [0.2, 0.25) is 0 Å². The summed E-state index contributed by atoms with van der Waals surface area (Å²) < 4.78 is 3.60. The maximum atomic E-state index is 12.8. The SMILES string of the molecule is CCn1c(=O)c(N[C@@H]2CC(Cn3cccn3)C[C@H]2O)nc2ccccc21. The molecule has 1 aromatic carbocycles. The van der Waals surface area contributed by atoms with Crippen LogP contribution in [0, 0.1) is 5.92 Å². The van der Waals surface area contributed by atoms with E-state index >= 15 is 0 Å². The van der Waals surface area contributed by atoms with E-state index in [-0.39, 0.29) is 11.6 Å². The van der Waals surface area contributed by atoms with Crippen molar-refractivity contribution in [3.05, 3.63) is 53.1 Å². The van der Waals surface area contributed by atoms with Gasteiger partial charge < -0.3 is 15.0 Å². The van der Waals surface area contributed by atoms with Gasteiger partial charge in [0.05, 0.1) is 23.2 Å². The maximum absolute atomic E-state index is 12.8. The Hall–Kier alpha value is -2.67. The molecule has 1 fully saturated rings. The van der Waals surface area contributed by atoms with E-state index in [2.05, 4.69) is 15.4 Å². The highest BCUT2D eigenvalue weighted by Crippen LogP contribution is 2.29. The predicted molar refractivity (Wildman–Crippen MR) is 100 cm³/mol. The summed E-state index contributed by atoms with van der Waals surface area (Å²) in [7, 11) is 0. The monoisotopic (exact) mass is 353 g/mol. The number of nitrogens with one attached hydrogen (secondary N) is 1. The molecule has 4 rings (SSSR count). The molecule has 0 saturated heterocycles. The number of aliphatic hydroxyl groups excluding tert-OH is 1. The summed E-state index contributed by atoms with van der Waals surface area (Å²) in [5.41, 5.74) is 1.46. The van der Waals surface area contributed by atoms with Crippen LogP contribution < -0.4 is 10.9 Å². The Morgan fingerprint density at radius 1 is 1.27 bits per heavy atom. The van der Waals surface area contributed by atoms with Crippen molar-refractivity contribution in [3.63, 3.8) is 0 Å². The fourth-order valence-corrected chi connectivity index (χ4v) is 3.87. The van der Waals surface area contributed by atoms with E-state index in [4.69, 9.17) is 0 Å². The van der Waals surface area contributed by atoms with Crippen LogP contribution in [0.25, 0.3) is 11.0 Å². The molecule has 2 N–H and O–H groups in total. The summed E-state index contributed by atoms with van der Waals surface area (Å²) in [6.45, 7) is 3.29. The molecule has 1 saturated carbocycles. The summed E-state index contributed by atoms with van der Waals surface area (Å²) in [6.07, 6.45) is 4.65. The zero-order valence-electron chi connectivity index (χ0n) is 14.7. The van der Waals surface area contributed by atoms with Gasteiger partial charge in [-0.1, -0.05) is 12.1 Å². The largest absolute Gasteiger partial charge is 0.391 e. The van der Waals surface area contributed by atoms with E-state index < -0.39 is 6.10 Å². The van der Waals surface area contributed by atoms with Crippen molar-refractivity contribution in [1.29, 1.82) is 0 Å². The van der Waals surface area contributed by atoms with E-state index in [0.29, 0.717) is 24.7 Å². The molecule has 7 heteroatoms. The smallest absolute Gasteiger partial charge is 0.293 e. The number of aromatic nitrogens is 4. The van der Waals surface area contributed by atoms with E-state index in [0.717, 1.165) is 24.0 Å². The second-order valence-electron chi connectivity index (χ2n) is 6.88. The maximum Gasteiger partial charge on any atom is 0.293 e. The first-order chi connectivity index (χ1) is 12.7. The number of benzene rings is 1. The van der Waals surface area contributed by atoms with Crippen molar-refractivity contribution in [2.75, 3.05) is 5.32 Å². The van der Waals surface area contributed by atoms with Gasteiger partial charge in [-0.25, -0.2) is 4.98 Å². The number of anilines is 1. The fourth-order valence-electron chi connectivity index (χ4n) is 3.87.